The maximum atomic E-state index is 5.48. The molecule has 1 nitrogen and oxygen atoms in total. The minimum atomic E-state index is -0.839. The summed E-state index contributed by atoms with van der Waals surface area (Å²) >= 11 is 6.14. The predicted molar refractivity (Wildman–Crippen MR) is 113 cm³/mol. The molecule has 1 rings (SSSR count). The van der Waals surface area contributed by atoms with Crippen molar-refractivity contribution >= 4 is 44.2 Å². The van der Waals surface area contributed by atoms with Gasteiger partial charge in [-0.15, -0.1) is 0 Å². The first-order chi connectivity index (χ1) is 10.9. The zero-order valence-corrected chi connectivity index (χ0v) is 21.0. The standard InChI is InChI=1S/C7H14OS2.3C4H9.Sn/c1-6(2)4-5-8-7(6,9)10-3;3*1-3-4-2;/h9H,4-5H2,1-3H3;3*1,3-4H2,2H3;/q;;;;+1/p-1. The van der Waals surface area contributed by atoms with Gasteiger partial charge in [0.15, 0.2) is 0 Å². The van der Waals surface area contributed by atoms with Crippen molar-refractivity contribution in [3.8, 4) is 0 Å². The van der Waals surface area contributed by atoms with Gasteiger partial charge in [-0.05, 0) is 18.1 Å². The van der Waals surface area contributed by atoms with Crippen molar-refractivity contribution in [2.24, 2.45) is 5.41 Å². The van der Waals surface area contributed by atoms with E-state index in [1.54, 1.807) is 25.1 Å². The molecule has 0 N–H and O–H groups in total. The van der Waals surface area contributed by atoms with Gasteiger partial charge in [-0.2, -0.15) is 11.8 Å². The molecule has 0 radical (unpaired) electrons. The van der Waals surface area contributed by atoms with Crippen LogP contribution < -0.4 is 0 Å². The van der Waals surface area contributed by atoms with Crippen molar-refractivity contribution in [3.63, 3.8) is 0 Å². The molecule has 1 fully saturated rings. The first kappa shape index (κ1) is 24.5. The molecule has 1 saturated heterocycles. The van der Waals surface area contributed by atoms with Crippen LogP contribution in [0.3, 0.4) is 0 Å². The normalized spacial score (nSPS) is 22.6. The van der Waals surface area contributed by atoms with Crippen LogP contribution >= 0.6 is 11.8 Å². The average molecular weight is 467 g/mol. The summed E-state index contributed by atoms with van der Waals surface area (Å²) in [7, 11) is 0. The second kappa shape index (κ2) is 13.6. The van der Waals surface area contributed by atoms with Crippen LogP contribution in [0.2, 0.25) is 13.3 Å². The Balaban J connectivity index is 0.000000433. The first-order valence-corrected chi connectivity index (χ1v) is 17.3. The minimum Gasteiger partial charge on any atom is -0.746 e. The van der Waals surface area contributed by atoms with Crippen LogP contribution in [0.5, 0.6) is 0 Å². The summed E-state index contributed by atoms with van der Waals surface area (Å²) < 4.78 is 10.2. The molecule has 1 aliphatic heterocycles. The molecule has 138 valence electrons. The van der Waals surface area contributed by atoms with Gasteiger partial charge in [0.1, 0.15) is 0 Å². The molecule has 0 spiro atoms. The summed E-state index contributed by atoms with van der Waals surface area (Å²) in [5.41, 5.74) is 0.155. The third-order valence-electron chi connectivity index (χ3n) is 4.77. The average Bonchev–Trinajstić information content (AvgIpc) is 2.81. The van der Waals surface area contributed by atoms with E-state index in [2.05, 4.69) is 34.6 Å². The quantitative estimate of drug-likeness (QED) is 0.256. The zero-order valence-electron chi connectivity index (χ0n) is 16.5. The molecule has 1 unspecified atom stereocenters. The SMILES string of the molecule is CCC[CH2][Sn+]([CH2]CCC)[CH2]CCC.CSC1([S-])OCCC1(C)C. The number of thioether (sulfide) groups is 1. The summed E-state index contributed by atoms with van der Waals surface area (Å²) in [6.07, 6.45) is 11.9. The maximum Gasteiger partial charge on any atom is 0.0463 e. The van der Waals surface area contributed by atoms with Crippen molar-refractivity contribution in [1.82, 2.24) is 0 Å². The van der Waals surface area contributed by atoms with E-state index in [9.17, 15) is 0 Å². The fourth-order valence-electron chi connectivity index (χ4n) is 2.78. The van der Waals surface area contributed by atoms with Gasteiger partial charge in [0.25, 0.3) is 0 Å². The van der Waals surface area contributed by atoms with Gasteiger partial charge in [-0.3, -0.25) is 0 Å². The Bertz CT molecular complexity index is 268. The summed E-state index contributed by atoms with van der Waals surface area (Å²) in [5, 5.41) is 0. The predicted octanol–water partition coefficient (Wildman–Crippen LogP) is 6.88. The minimum absolute atomic E-state index is 0.155. The van der Waals surface area contributed by atoms with E-state index in [1.165, 1.54) is 38.5 Å². The third kappa shape index (κ3) is 9.65. The fraction of sp³-hybridized carbons (Fsp3) is 1.00. The van der Waals surface area contributed by atoms with E-state index in [-0.39, 0.29) is 9.68 Å². The Morgan fingerprint density at radius 1 is 0.957 bits per heavy atom. The second-order valence-electron chi connectivity index (χ2n) is 7.30. The Morgan fingerprint density at radius 3 is 1.61 bits per heavy atom. The van der Waals surface area contributed by atoms with Gasteiger partial charge >= 0.3 is 92.4 Å². The number of ether oxygens (including phenoxy) is 1. The van der Waals surface area contributed by atoms with Crippen LogP contribution in [0.25, 0.3) is 0 Å². The van der Waals surface area contributed by atoms with E-state index < -0.39 is 19.8 Å². The van der Waals surface area contributed by atoms with E-state index in [0.717, 1.165) is 13.0 Å². The van der Waals surface area contributed by atoms with Gasteiger partial charge in [0.2, 0.25) is 0 Å². The molecule has 0 amide bonds. The van der Waals surface area contributed by atoms with Crippen molar-refractivity contribution in [3.05, 3.63) is 0 Å². The molecule has 1 aliphatic rings. The molecular formula is C19H40OS2Sn. The molecule has 4 heteroatoms. The molecule has 1 atom stereocenters. The molecule has 0 aromatic rings. The Morgan fingerprint density at radius 2 is 1.39 bits per heavy atom. The van der Waals surface area contributed by atoms with Gasteiger partial charge in [-0.1, -0.05) is 13.8 Å². The number of hydrogen-bond acceptors (Lipinski definition) is 3. The molecule has 0 bridgehead atoms. The third-order valence-corrected chi connectivity index (χ3v) is 16.2. The van der Waals surface area contributed by atoms with E-state index in [1.807, 2.05) is 6.26 Å². The molecule has 23 heavy (non-hydrogen) atoms. The molecular weight excluding hydrogens is 427 g/mol. The number of rotatable bonds is 10. The van der Waals surface area contributed by atoms with Crippen LogP contribution in [0, 0.1) is 5.41 Å². The number of unbranched alkanes of at least 4 members (excludes halogenated alkanes) is 3. The maximum absolute atomic E-state index is 5.48. The van der Waals surface area contributed by atoms with Gasteiger partial charge in [-0.25, -0.2) is 0 Å². The summed E-state index contributed by atoms with van der Waals surface area (Å²) in [6, 6.07) is 0. The van der Waals surface area contributed by atoms with E-state index >= 15 is 0 Å². The second-order valence-corrected chi connectivity index (χ2v) is 17.7. The van der Waals surface area contributed by atoms with Gasteiger partial charge in [0, 0.05) is 10.9 Å². The fourth-order valence-corrected chi connectivity index (χ4v) is 13.3. The molecule has 1 heterocycles. The van der Waals surface area contributed by atoms with Crippen LogP contribution in [0.15, 0.2) is 0 Å². The zero-order chi connectivity index (χ0) is 17.8. The first-order valence-electron chi connectivity index (χ1n) is 9.59. The van der Waals surface area contributed by atoms with Crippen LogP contribution in [0.1, 0.15) is 79.6 Å². The Kier molecular flexibility index (Phi) is 14.5. The Labute approximate surface area is 163 Å². The molecule has 0 aromatic heterocycles. The van der Waals surface area contributed by atoms with Crippen LogP contribution in [-0.4, -0.2) is 36.9 Å². The van der Waals surface area contributed by atoms with Crippen LogP contribution in [-0.2, 0) is 17.4 Å². The van der Waals surface area contributed by atoms with Crippen molar-refractivity contribution in [2.75, 3.05) is 12.9 Å². The van der Waals surface area contributed by atoms with Crippen molar-refractivity contribution in [1.29, 1.82) is 0 Å². The summed E-state index contributed by atoms with van der Waals surface area (Å²) in [6.45, 7) is 12.2. The van der Waals surface area contributed by atoms with E-state index in [4.69, 9.17) is 17.4 Å². The number of hydrogen-bond donors (Lipinski definition) is 0. The smallest absolute Gasteiger partial charge is 0.0463 e. The molecule has 0 aromatic carbocycles. The topological polar surface area (TPSA) is 9.23 Å². The van der Waals surface area contributed by atoms with Crippen LogP contribution in [0.4, 0.5) is 0 Å². The van der Waals surface area contributed by atoms with Crippen molar-refractivity contribution < 1.29 is 4.74 Å². The Hall–Kier alpha value is 1.46. The monoisotopic (exact) mass is 468 g/mol. The summed E-state index contributed by atoms with van der Waals surface area (Å²) in [5.74, 6) is 0. The molecule has 0 saturated carbocycles. The van der Waals surface area contributed by atoms with Gasteiger partial charge in [0.05, 0.1) is 0 Å². The molecule has 0 aliphatic carbocycles. The van der Waals surface area contributed by atoms with Crippen molar-refractivity contribution in [2.45, 2.75) is 97.1 Å². The largest absolute Gasteiger partial charge is 0.746 e. The van der Waals surface area contributed by atoms with E-state index in [0.29, 0.717) is 0 Å². The van der Waals surface area contributed by atoms with Gasteiger partial charge < -0.3 is 17.4 Å². The summed E-state index contributed by atoms with van der Waals surface area (Å²) in [4.78, 5) is 0.